The summed E-state index contributed by atoms with van der Waals surface area (Å²) in [6.07, 6.45) is 11.0. The maximum Gasteiger partial charge on any atom is 0.407 e. The maximum absolute atomic E-state index is 14.0. The second kappa shape index (κ2) is 19.0. The Morgan fingerprint density at radius 3 is 2.15 bits per heavy atom. The fourth-order valence-electron chi connectivity index (χ4n) is 10.6. The van der Waals surface area contributed by atoms with Gasteiger partial charge in [-0.1, -0.05) is 57.7 Å². The number of rotatable bonds is 14. The summed E-state index contributed by atoms with van der Waals surface area (Å²) in [5.41, 5.74) is 4.17. The van der Waals surface area contributed by atoms with Gasteiger partial charge in [0.1, 0.15) is 29.4 Å². The van der Waals surface area contributed by atoms with Crippen LogP contribution in [0.25, 0.3) is 0 Å². The number of carbonyl (C=O) groups is 4. The van der Waals surface area contributed by atoms with E-state index in [1.165, 1.54) is 14.2 Å². The van der Waals surface area contributed by atoms with Crippen LogP contribution in [0.15, 0.2) is 46.4 Å². The van der Waals surface area contributed by atoms with Crippen molar-refractivity contribution in [2.45, 2.75) is 133 Å². The van der Waals surface area contributed by atoms with Crippen molar-refractivity contribution in [3.8, 4) is 11.5 Å². The Morgan fingerprint density at radius 2 is 1.42 bits per heavy atom. The average molecular weight is 853 g/mol. The van der Waals surface area contributed by atoms with E-state index < -0.39 is 24.3 Å². The second-order valence-corrected chi connectivity index (χ2v) is 18.4. The van der Waals surface area contributed by atoms with Gasteiger partial charge in [-0.2, -0.15) is 0 Å². The molecule has 62 heavy (non-hydrogen) atoms. The first-order valence-corrected chi connectivity index (χ1v) is 22.9. The van der Waals surface area contributed by atoms with E-state index in [0.29, 0.717) is 26.2 Å². The fraction of sp³-hybridized carbons (Fsp3) is 0.617. The lowest BCUT2D eigenvalue weighted by atomic mass is 9.74. The molecule has 1 saturated heterocycles. The number of unbranched alkanes of at least 4 members (excludes halogenated alkanes) is 1. The molecule has 3 fully saturated rings. The van der Waals surface area contributed by atoms with E-state index in [1.54, 1.807) is 0 Å². The predicted octanol–water partition coefficient (Wildman–Crippen LogP) is 6.31. The maximum atomic E-state index is 14.0. The van der Waals surface area contributed by atoms with Crippen molar-refractivity contribution in [3.63, 3.8) is 0 Å². The van der Waals surface area contributed by atoms with Gasteiger partial charge in [-0.25, -0.2) is 9.59 Å². The smallest absolute Gasteiger partial charge is 0.407 e. The minimum Gasteiger partial charge on any atom is -0.457 e. The van der Waals surface area contributed by atoms with Crippen molar-refractivity contribution < 1.29 is 33.4 Å². The van der Waals surface area contributed by atoms with Crippen LogP contribution in [0.5, 0.6) is 11.5 Å². The Morgan fingerprint density at radius 1 is 0.774 bits per heavy atom. The normalized spacial score (nSPS) is 23.7. The third-order valence-electron chi connectivity index (χ3n) is 14.2. The molecule has 2 saturated carbocycles. The molecule has 4 aliphatic heterocycles. The van der Waals surface area contributed by atoms with Gasteiger partial charge < -0.3 is 45.7 Å². The quantitative estimate of drug-likeness (QED) is 0.136. The molecule has 0 aromatic heterocycles. The number of hydrogen-bond donors (Lipinski definition) is 5. The Hall–Kier alpha value is -5.34. The molecule has 4 heterocycles. The number of methoxy groups -OCH3 is 2. The van der Waals surface area contributed by atoms with Crippen molar-refractivity contribution >= 4 is 35.7 Å². The topological polar surface area (TPSA) is 184 Å². The molecule has 15 nitrogen and oxygen atoms in total. The predicted molar refractivity (Wildman–Crippen MR) is 236 cm³/mol. The molecule has 6 aliphatic rings. The van der Waals surface area contributed by atoms with Gasteiger partial charge in [0.05, 0.1) is 51.3 Å². The standard InChI is InChI=1S/C47H64N8O7/c1-47(2)32-20-18-31(34-26-49-39(51-34)17-9-10-22-48-43(56)40(53-45(58)60-3)28-12-5-6-13-28)25-38(32)62-37-21-19-30(24-33(37)47)35-27-50-42(52-35)36-16-11-23-55(36)44(57)41(54-46(59)61-4)29-14-7-8-15-29/h18-21,24-25,28-29,34-36,40-41H,5-17,22-23,26-27H2,1-4H3,(H,48,56)(H,49,51)(H,50,52)(H,53,58)(H,54,59)/t34?,35?,36-,40-,41-/m0/s1. The molecular weight excluding hydrogens is 789 g/mol. The van der Waals surface area contributed by atoms with Crippen LogP contribution in [-0.4, -0.2) is 99.1 Å². The van der Waals surface area contributed by atoms with Gasteiger partial charge in [-0.15, -0.1) is 0 Å². The summed E-state index contributed by atoms with van der Waals surface area (Å²) in [6.45, 7) is 6.89. The zero-order valence-electron chi connectivity index (χ0n) is 36.7. The van der Waals surface area contributed by atoms with Gasteiger partial charge in [-0.3, -0.25) is 19.6 Å². The number of nitrogens with one attached hydrogen (secondary N) is 5. The third kappa shape index (κ3) is 9.22. The summed E-state index contributed by atoms with van der Waals surface area (Å²) in [5, 5.41) is 15.9. The first-order valence-electron chi connectivity index (χ1n) is 22.9. The number of amides is 4. The minimum atomic E-state index is -0.588. The highest BCUT2D eigenvalue weighted by Gasteiger charge is 2.42. The number of aliphatic imine (C=N–C) groups is 2. The summed E-state index contributed by atoms with van der Waals surface area (Å²) in [5.74, 6) is 3.57. The molecule has 334 valence electrons. The first kappa shape index (κ1) is 43.3. The summed E-state index contributed by atoms with van der Waals surface area (Å²) in [4.78, 5) is 62.9. The lowest BCUT2D eigenvalue weighted by molar-refractivity contribution is -0.134. The van der Waals surface area contributed by atoms with Crippen molar-refractivity contribution in [2.24, 2.45) is 21.8 Å². The number of carbonyl (C=O) groups excluding carboxylic acids is 4. The minimum absolute atomic E-state index is 0.0306. The third-order valence-corrected chi connectivity index (χ3v) is 14.2. The van der Waals surface area contributed by atoms with Crippen LogP contribution >= 0.6 is 0 Å². The van der Waals surface area contributed by atoms with Crippen LogP contribution in [0.4, 0.5) is 9.59 Å². The number of nitrogens with zero attached hydrogens (tertiary/aromatic N) is 3. The van der Waals surface area contributed by atoms with Crippen molar-refractivity contribution in [3.05, 3.63) is 58.7 Å². The molecule has 2 aliphatic carbocycles. The van der Waals surface area contributed by atoms with Crippen LogP contribution in [0.2, 0.25) is 0 Å². The highest BCUT2D eigenvalue weighted by atomic mass is 16.5. The van der Waals surface area contributed by atoms with Crippen molar-refractivity contribution in [1.82, 2.24) is 31.5 Å². The summed E-state index contributed by atoms with van der Waals surface area (Å²) < 4.78 is 16.3. The van der Waals surface area contributed by atoms with Gasteiger partial charge in [0.2, 0.25) is 11.8 Å². The first-order chi connectivity index (χ1) is 30.0. The monoisotopic (exact) mass is 852 g/mol. The van der Waals surface area contributed by atoms with Gasteiger partial charge in [0.25, 0.3) is 0 Å². The Balaban J connectivity index is 0.838. The Kier molecular flexibility index (Phi) is 13.2. The van der Waals surface area contributed by atoms with Crippen LogP contribution in [0, 0.1) is 11.8 Å². The molecule has 2 aromatic carbocycles. The number of benzene rings is 2. The van der Waals surface area contributed by atoms with Gasteiger partial charge in [0.15, 0.2) is 0 Å². The van der Waals surface area contributed by atoms with Crippen molar-refractivity contribution in [2.75, 3.05) is 40.4 Å². The number of ether oxygens (including phenoxy) is 3. The van der Waals surface area contributed by atoms with E-state index in [-0.39, 0.29) is 47.2 Å². The molecular formula is C47H64N8O7. The van der Waals surface area contributed by atoms with E-state index in [9.17, 15) is 19.2 Å². The van der Waals surface area contributed by atoms with Crippen LogP contribution < -0.4 is 31.3 Å². The Bertz CT molecular complexity index is 2060. The second-order valence-electron chi connectivity index (χ2n) is 18.4. The van der Waals surface area contributed by atoms with Gasteiger partial charge in [0, 0.05) is 36.1 Å². The zero-order valence-corrected chi connectivity index (χ0v) is 36.7. The summed E-state index contributed by atoms with van der Waals surface area (Å²) in [6, 6.07) is 11.7. The zero-order chi connectivity index (χ0) is 43.4. The lowest BCUT2D eigenvalue weighted by Crippen LogP contribution is -2.55. The average Bonchev–Trinajstić information content (AvgIpc) is 4.14. The number of hydrogen-bond acceptors (Lipinski definition) is 11. The largest absolute Gasteiger partial charge is 0.457 e. The molecule has 15 heteroatoms. The van der Waals surface area contributed by atoms with Crippen LogP contribution in [0.3, 0.4) is 0 Å². The van der Waals surface area contributed by atoms with Crippen LogP contribution in [-0.2, 0) is 24.5 Å². The van der Waals surface area contributed by atoms with E-state index in [2.05, 4.69) is 76.8 Å². The van der Waals surface area contributed by atoms with Crippen LogP contribution in [0.1, 0.15) is 132 Å². The van der Waals surface area contributed by atoms with E-state index in [1.807, 2.05) is 4.90 Å². The van der Waals surface area contributed by atoms with Gasteiger partial charge >= 0.3 is 12.2 Å². The molecule has 8 rings (SSSR count). The molecule has 4 amide bonds. The molecule has 0 radical (unpaired) electrons. The summed E-state index contributed by atoms with van der Waals surface area (Å²) >= 11 is 0. The van der Waals surface area contributed by atoms with E-state index in [4.69, 9.17) is 24.2 Å². The van der Waals surface area contributed by atoms with Gasteiger partial charge in [-0.05, 0) is 92.5 Å². The molecule has 2 unspecified atom stereocenters. The number of likely N-dealkylation sites (tertiary alicyclic amines) is 1. The highest BCUT2D eigenvalue weighted by molar-refractivity contribution is 5.95. The van der Waals surface area contributed by atoms with E-state index >= 15 is 0 Å². The lowest BCUT2D eigenvalue weighted by Gasteiger charge is -2.35. The highest BCUT2D eigenvalue weighted by Crippen LogP contribution is 2.49. The van der Waals surface area contributed by atoms with E-state index in [0.717, 1.165) is 129 Å². The molecule has 5 N–H and O–H groups in total. The molecule has 0 bridgehead atoms. The Labute approximate surface area is 365 Å². The molecule has 0 spiro atoms. The van der Waals surface area contributed by atoms with Crippen molar-refractivity contribution in [1.29, 1.82) is 0 Å². The molecule has 5 atom stereocenters. The SMILES string of the molecule is COC(=O)N[C@H](C(=O)NCCCCC1=NCC(c2ccc3c(c2)Oc2ccc(C4CN=C([C@@H]5CCCN5C(=O)[C@@H](NC(=O)OC)C5CCCC5)N4)cc2C3(C)C)N1)C1CCCC1. The number of amidine groups is 2. The molecule has 2 aromatic rings. The number of fused-ring (bicyclic) bond motifs is 2. The fourth-order valence-corrected chi connectivity index (χ4v) is 10.6. The number of alkyl carbamates (subject to hydrolysis) is 2. The summed E-state index contributed by atoms with van der Waals surface area (Å²) in [7, 11) is 2.65.